The van der Waals surface area contributed by atoms with Gasteiger partial charge in [-0.15, -0.1) is 0 Å². The quantitative estimate of drug-likeness (QED) is 0.669. The molecule has 154 valence electrons. The number of amides is 1. The largest absolute Gasteiger partial charge is 0.489 e. The first-order valence-electron chi connectivity index (χ1n) is 9.30. The van der Waals surface area contributed by atoms with Crippen LogP contribution in [0, 0.1) is 5.92 Å². The van der Waals surface area contributed by atoms with E-state index < -0.39 is 15.9 Å². The van der Waals surface area contributed by atoms with E-state index in [1.165, 1.54) is 16.4 Å². The minimum absolute atomic E-state index is 0.142. The third-order valence-corrected chi connectivity index (χ3v) is 6.81. The summed E-state index contributed by atoms with van der Waals surface area (Å²) in [4.78, 5) is 12.9. The molecule has 1 N–H and O–H groups in total. The van der Waals surface area contributed by atoms with Crippen molar-refractivity contribution < 1.29 is 17.9 Å². The maximum absolute atomic E-state index is 12.9. The second-order valence-corrected chi connectivity index (χ2v) is 9.15. The number of ether oxygens (including phenoxy) is 1. The number of carbonyl (C=O) groups excluding carboxylic acids is 1. The first-order chi connectivity index (χ1) is 13.9. The lowest BCUT2D eigenvalue weighted by molar-refractivity contribution is -0.120. The van der Waals surface area contributed by atoms with Crippen molar-refractivity contribution in [3.8, 4) is 5.75 Å². The van der Waals surface area contributed by atoms with Gasteiger partial charge < -0.3 is 10.1 Å². The highest BCUT2D eigenvalue weighted by Crippen LogP contribution is 2.26. The normalized spacial score (nSPS) is 17.5. The van der Waals surface area contributed by atoms with Crippen molar-refractivity contribution in [1.82, 2.24) is 4.31 Å². The topological polar surface area (TPSA) is 75.7 Å². The van der Waals surface area contributed by atoms with Gasteiger partial charge in [-0.05, 0) is 49.2 Å². The number of carbonyl (C=O) groups is 1. The van der Waals surface area contributed by atoms with E-state index in [0.29, 0.717) is 42.5 Å². The van der Waals surface area contributed by atoms with E-state index in [-0.39, 0.29) is 17.3 Å². The Hall–Kier alpha value is -2.35. The number of halogens is 1. The fourth-order valence-corrected chi connectivity index (χ4v) is 4.84. The monoisotopic (exact) mass is 434 g/mol. The molecule has 2 aromatic carbocycles. The number of hydrogen-bond donors (Lipinski definition) is 1. The molecule has 1 aliphatic heterocycles. The molecule has 1 heterocycles. The average molecular weight is 435 g/mol. The van der Waals surface area contributed by atoms with Crippen molar-refractivity contribution in [2.24, 2.45) is 5.92 Å². The van der Waals surface area contributed by atoms with Crippen LogP contribution in [0.1, 0.15) is 12.8 Å². The third-order valence-electron chi connectivity index (χ3n) is 4.68. The molecule has 3 rings (SSSR count). The molecule has 0 saturated carbocycles. The molecular weight excluding hydrogens is 412 g/mol. The van der Waals surface area contributed by atoms with Crippen LogP contribution in [-0.4, -0.2) is 38.3 Å². The van der Waals surface area contributed by atoms with Gasteiger partial charge in [0.15, 0.2) is 0 Å². The molecule has 2 aromatic rings. The molecule has 0 spiro atoms. The Morgan fingerprint density at radius 2 is 2.03 bits per heavy atom. The van der Waals surface area contributed by atoms with Crippen LogP contribution in [0.3, 0.4) is 0 Å². The summed E-state index contributed by atoms with van der Waals surface area (Å²) in [6.45, 7) is 4.51. The Labute approximate surface area is 176 Å². The average Bonchev–Trinajstić information content (AvgIpc) is 2.73. The van der Waals surface area contributed by atoms with Crippen LogP contribution in [0.4, 0.5) is 5.69 Å². The molecule has 1 aliphatic rings. The molecule has 1 saturated heterocycles. The van der Waals surface area contributed by atoms with E-state index in [1.54, 1.807) is 42.5 Å². The lowest BCUT2D eigenvalue weighted by Crippen LogP contribution is -2.43. The van der Waals surface area contributed by atoms with E-state index >= 15 is 0 Å². The number of sulfonamides is 1. The van der Waals surface area contributed by atoms with Gasteiger partial charge in [0.05, 0.1) is 10.8 Å². The molecule has 0 aromatic heterocycles. The molecule has 1 unspecified atom stereocenters. The first kappa shape index (κ1) is 21.4. The van der Waals surface area contributed by atoms with Gasteiger partial charge in [0.2, 0.25) is 15.9 Å². The Balaban J connectivity index is 1.68. The maximum Gasteiger partial charge on any atom is 0.243 e. The van der Waals surface area contributed by atoms with E-state index in [2.05, 4.69) is 11.9 Å². The first-order valence-corrected chi connectivity index (χ1v) is 11.1. The Morgan fingerprint density at radius 1 is 1.28 bits per heavy atom. The number of nitrogens with one attached hydrogen (secondary N) is 1. The van der Waals surface area contributed by atoms with Crippen molar-refractivity contribution in [1.29, 1.82) is 0 Å². The number of anilines is 1. The van der Waals surface area contributed by atoms with Crippen LogP contribution in [0.5, 0.6) is 5.75 Å². The number of benzene rings is 2. The summed E-state index contributed by atoms with van der Waals surface area (Å²) in [6.07, 6.45) is 2.89. The fourth-order valence-electron chi connectivity index (χ4n) is 3.19. The van der Waals surface area contributed by atoms with Crippen molar-refractivity contribution in [3.63, 3.8) is 0 Å². The second kappa shape index (κ2) is 9.43. The predicted molar refractivity (Wildman–Crippen MR) is 114 cm³/mol. The van der Waals surface area contributed by atoms with E-state index in [9.17, 15) is 13.2 Å². The molecular formula is C21H23ClN2O4S. The van der Waals surface area contributed by atoms with Gasteiger partial charge in [-0.2, -0.15) is 4.31 Å². The zero-order valence-corrected chi connectivity index (χ0v) is 17.5. The van der Waals surface area contributed by atoms with Crippen LogP contribution in [0.25, 0.3) is 0 Å². The summed E-state index contributed by atoms with van der Waals surface area (Å²) in [6, 6.07) is 13.1. The Bertz CT molecular complexity index is 976. The van der Waals surface area contributed by atoms with E-state index in [1.807, 2.05) is 0 Å². The molecule has 1 fully saturated rings. The molecule has 8 heteroatoms. The summed E-state index contributed by atoms with van der Waals surface area (Å²) in [5.41, 5.74) is 0.606. The minimum atomic E-state index is -3.67. The highest BCUT2D eigenvalue weighted by Gasteiger charge is 2.33. The highest BCUT2D eigenvalue weighted by molar-refractivity contribution is 7.89. The van der Waals surface area contributed by atoms with E-state index in [0.717, 1.165) is 0 Å². The Morgan fingerprint density at radius 3 is 2.76 bits per heavy atom. The van der Waals surface area contributed by atoms with Crippen LogP contribution in [0.15, 0.2) is 66.1 Å². The molecule has 0 aliphatic carbocycles. The van der Waals surface area contributed by atoms with Gasteiger partial charge in [-0.25, -0.2) is 8.42 Å². The van der Waals surface area contributed by atoms with Crippen LogP contribution in [0.2, 0.25) is 5.02 Å². The number of nitrogens with zero attached hydrogens (tertiary/aromatic N) is 1. The standard InChI is InChI=1S/C21H23ClN2O4S/c1-2-13-28-19-7-3-6-18(14-19)23-21(25)16-5-4-12-24(15-16)29(26,27)20-10-8-17(22)9-11-20/h2-3,6-11,14,16H,1,4-5,12-13,15H2,(H,23,25). The summed E-state index contributed by atoms with van der Waals surface area (Å²) in [5.74, 6) is -0.0104. The molecule has 29 heavy (non-hydrogen) atoms. The zero-order valence-electron chi connectivity index (χ0n) is 15.9. The SMILES string of the molecule is C=CCOc1cccc(NC(=O)C2CCCN(S(=O)(=O)c3ccc(Cl)cc3)C2)c1. The lowest BCUT2D eigenvalue weighted by atomic mass is 9.98. The fraction of sp³-hybridized carbons (Fsp3) is 0.286. The van der Waals surface area contributed by atoms with Crippen molar-refractivity contribution in [3.05, 3.63) is 66.2 Å². The molecule has 1 amide bonds. The van der Waals surface area contributed by atoms with Crippen molar-refractivity contribution in [2.75, 3.05) is 25.0 Å². The zero-order chi connectivity index (χ0) is 20.9. The molecule has 6 nitrogen and oxygen atoms in total. The lowest BCUT2D eigenvalue weighted by Gasteiger charge is -2.31. The van der Waals surface area contributed by atoms with Gasteiger partial charge in [0, 0.05) is 29.9 Å². The van der Waals surface area contributed by atoms with Gasteiger partial charge in [0.1, 0.15) is 12.4 Å². The van der Waals surface area contributed by atoms with Crippen molar-refractivity contribution >= 4 is 33.2 Å². The number of piperidine rings is 1. The van der Waals surface area contributed by atoms with Crippen LogP contribution < -0.4 is 10.1 Å². The summed E-state index contributed by atoms with van der Waals surface area (Å²) in [7, 11) is -3.67. The van der Waals surface area contributed by atoms with Gasteiger partial charge in [0.25, 0.3) is 0 Å². The third kappa shape index (κ3) is 5.38. The summed E-state index contributed by atoms with van der Waals surface area (Å²) in [5, 5.41) is 3.34. The Kier molecular flexibility index (Phi) is 6.95. The maximum atomic E-state index is 12.9. The molecule has 1 atom stereocenters. The summed E-state index contributed by atoms with van der Waals surface area (Å²) < 4.78 is 32.6. The minimum Gasteiger partial charge on any atom is -0.489 e. The highest BCUT2D eigenvalue weighted by atomic mass is 35.5. The van der Waals surface area contributed by atoms with Crippen molar-refractivity contribution in [2.45, 2.75) is 17.7 Å². The van der Waals surface area contributed by atoms with Crippen LogP contribution in [-0.2, 0) is 14.8 Å². The van der Waals surface area contributed by atoms with Gasteiger partial charge in [-0.1, -0.05) is 30.3 Å². The number of hydrogen-bond acceptors (Lipinski definition) is 4. The van der Waals surface area contributed by atoms with Gasteiger partial charge in [-0.3, -0.25) is 4.79 Å². The second-order valence-electron chi connectivity index (χ2n) is 6.77. The smallest absolute Gasteiger partial charge is 0.243 e. The molecule has 0 radical (unpaired) electrons. The van der Waals surface area contributed by atoms with Gasteiger partial charge >= 0.3 is 0 Å². The summed E-state index contributed by atoms with van der Waals surface area (Å²) >= 11 is 5.85. The number of rotatable bonds is 7. The van der Waals surface area contributed by atoms with Crippen LogP contribution >= 0.6 is 11.6 Å². The van der Waals surface area contributed by atoms with E-state index in [4.69, 9.17) is 16.3 Å². The molecule has 0 bridgehead atoms. The predicted octanol–water partition coefficient (Wildman–Crippen LogP) is 3.94.